The standard InChI is InChI=1S/C17H25N4/c1-3-20(12-18-2)16-6-4-14-5-7-17(11-15(14)10-16)21-9-8-19-13-21/h10-14H,3-9H2,1-2H3/q+1/b18-12-. The molecule has 4 nitrogen and oxygen atoms in total. The highest BCUT2D eigenvalue weighted by molar-refractivity contribution is 5.94. The number of rotatable bonds is 3. The van der Waals surface area contributed by atoms with E-state index in [4.69, 9.17) is 0 Å². The van der Waals surface area contributed by atoms with Crippen LogP contribution in [0.1, 0.15) is 32.6 Å². The van der Waals surface area contributed by atoms with Gasteiger partial charge in [-0.1, -0.05) is 4.99 Å². The Bertz CT molecular complexity index is 551. The van der Waals surface area contributed by atoms with Gasteiger partial charge in [-0.2, -0.15) is 0 Å². The van der Waals surface area contributed by atoms with Crippen LogP contribution < -0.4 is 0 Å². The molecule has 1 atom stereocenters. The van der Waals surface area contributed by atoms with Gasteiger partial charge in [0.15, 0.2) is 0 Å². The maximum absolute atomic E-state index is 4.33. The van der Waals surface area contributed by atoms with E-state index in [0.29, 0.717) is 0 Å². The fraction of sp³-hybridized carbons (Fsp3) is 0.588. The number of hydrogen-bond acceptors (Lipinski definition) is 3. The van der Waals surface area contributed by atoms with Crippen molar-refractivity contribution in [1.29, 1.82) is 0 Å². The molecule has 21 heavy (non-hydrogen) atoms. The SMILES string of the molecule is CC[N+](/C=N\C)=C1/C=C2C=C(N3C=NCC3)CCC2CC1. The molecule has 112 valence electrons. The van der Waals surface area contributed by atoms with E-state index in [-0.39, 0.29) is 0 Å². The molecule has 0 bridgehead atoms. The summed E-state index contributed by atoms with van der Waals surface area (Å²) >= 11 is 0. The molecule has 0 saturated carbocycles. The molecule has 2 aliphatic carbocycles. The van der Waals surface area contributed by atoms with Gasteiger partial charge in [0.2, 0.25) is 0 Å². The molecule has 1 heterocycles. The molecule has 0 amide bonds. The van der Waals surface area contributed by atoms with Gasteiger partial charge in [0.25, 0.3) is 6.34 Å². The third kappa shape index (κ3) is 2.99. The van der Waals surface area contributed by atoms with Crippen molar-refractivity contribution < 1.29 is 4.58 Å². The van der Waals surface area contributed by atoms with Crippen LogP contribution in [0.4, 0.5) is 0 Å². The van der Waals surface area contributed by atoms with Crippen molar-refractivity contribution in [2.75, 3.05) is 26.7 Å². The number of fused-ring (bicyclic) bond motifs is 1. The number of nitrogens with zero attached hydrogens (tertiary/aromatic N) is 4. The van der Waals surface area contributed by atoms with Gasteiger partial charge >= 0.3 is 0 Å². The van der Waals surface area contributed by atoms with Crippen molar-refractivity contribution in [3.8, 4) is 0 Å². The first kappa shape index (κ1) is 14.2. The quantitative estimate of drug-likeness (QED) is 0.445. The van der Waals surface area contributed by atoms with Crippen LogP contribution in [0.2, 0.25) is 0 Å². The minimum absolute atomic E-state index is 0.745. The van der Waals surface area contributed by atoms with E-state index in [9.17, 15) is 0 Å². The third-order valence-corrected chi connectivity index (χ3v) is 4.66. The van der Waals surface area contributed by atoms with E-state index in [1.807, 2.05) is 19.7 Å². The lowest BCUT2D eigenvalue weighted by molar-refractivity contribution is -0.394. The highest BCUT2D eigenvalue weighted by Gasteiger charge is 2.27. The molecule has 3 rings (SSSR count). The van der Waals surface area contributed by atoms with Crippen molar-refractivity contribution in [3.05, 3.63) is 23.4 Å². The average molecular weight is 285 g/mol. The fourth-order valence-corrected chi connectivity index (χ4v) is 3.48. The van der Waals surface area contributed by atoms with Crippen LogP contribution in [0.15, 0.2) is 33.4 Å². The van der Waals surface area contributed by atoms with Crippen LogP contribution in [-0.2, 0) is 0 Å². The first-order chi connectivity index (χ1) is 10.3. The van der Waals surface area contributed by atoms with E-state index in [0.717, 1.165) is 25.6 Å². The molecule has 0 spiro atoms. The summed E-state index contributed by atoms with van der Waals surface area (Å²) in [7, 11) is 1.84. The normalized spacial score (nSPS) is 27.7. The molecule has 0 aromatic carbocycles. The molecule has 4 heteroatoms. The zero-order valence-electron chi connectivity index (χ0n) is 13.1. The summed E-state index contributed by atoms with van der Waals surface area (Å²) in [6.45, 7) is 5.15. The van der Waals surface area contributed by atoms with Gasteiger partial charge in [0, 0.05) is 18.7 Å². The Morgan fingerprint density at radius 3 is 2.95 bits per heavy atom. The van der Waals surface area contributed by atoms with Gasteiger partial charge in [-0.25, -0.2) is 4.58 Å². The lowest BCUT2D eigenvalue weighted by Gasteiger charge is -2.31. The molecule has 0 N–H and O–H groups in total. The van der Waals surface area contributed by atoms with Crippen molar-refractivity contribution >= 4 is 18.4 Å². The molecule has 0 radical (unpaired) electrons. The van der Waals surface area contributed by atoms with E-state index < -0.39 is 0 Å². The highest BCUT2D eigenvalue weighted by atomic mass is 15.2. The molecular weight excluding hydrogens is 260 g/mol. The van der Waals surface area contributed by atoms with Gasteiger partial charge in [0.05, 0.1) is 19.4 Å². The first-order valence-corrected chi connectivity index (χ1v) is 8.05. The number of allylic oxidation sites excluding steroid dienone is 4. The van der Waals surface area contributed by atoms with Gasteiger partial charge < -0.3 is 4.90 Å². The van der Waals surface area contributed by atoms with Crippen LogP contribution in [0, 0.1) is 5.92 Å². The van der Waals surface area contributed by atoms with E-state index >= 15 is 0 Å². The van der Waals surface area contributed by atoms with Crippen molar-refractivity contribution in [3.63, 3.8) is 0 Å². The van der Waals surface area contributed by atoms with Gasteiger partial charge in [-0.05, 0) is 49.8 Å². The summed E-state index contributed by atoms with van der Waals surface area (Å²) in [6, 6.07) is 0. The van der Waals surface area contributed by atoms with Gasteiger partial charge in [-0.15, -0.1) is 0 Å². The zero-order valence-corrected chi connectivity index (χ0v) is 13.1. The Kier molecular flexibility index (Phi) is 4.32. The highest BCUT2D eigenvalue weighted by Crippen LogP contribution is 2.35. The minimum Gasteiger partial charge on any atom is -0.335 e. The second kappa shape index (κ2) is 6.37. The van der Waals surface area contributed by atoms with E-state index in [1.165, 1.54) is 42.7 Å². The predicted octanol–water partition coefficient (Wildman–Crippen LogP) is 2.48. The maximum atomic E-state index is 4.33. The second-order valence-corrected chi connectivity index (χ2v) is 5.92. The molecule has 1 aliphatic heterocycles. The van der Waals surface area contributed by atoms with Crippen molar-refractivity contribution in [2.24, 2.45) is 15.9 Å². The number of aliphatic imine (C=N–C) groups is 2. The number of hydrogen-bond donors (Lipinski definition) is 0. The first-order valence-electron chi connectivity index (χ1n) is 8.05. The maximum Gasteiger partial charge on any atom is 0.279 e. The minimum atomic E-state index is 0.745. The van der Waals surface area contributed by atoms with Gasteiger partial charge in [-0.3, -0.25) is 4.99 Å². The Morgan fingerprint density at radius 1 is 1.38 bits per heavy atom. The molecular formula is C17H25N4+. The van der Waals surface area contributed by atoms with Crippen LogP contribution in [0.25, 0.3) is 0 Å². The Balaban J connectivity index is 1.90. The van der Waals surface area contributed by atoms with Crippen LogP contribution in [0.5, 0.6) is 0 Å². The third-order valence-electron chi connectivity index (χ3n) is 4.66. The topological polar surface area (TPSA) is 31.0 Å². The van der Waals surface area contributed by atoms with Crippen LogP contribution >= 0.6 is 0 Å². The Labute approximate surface area is 127 Å². The Hall–Kier alpha value is -1.71. The molecule has 0 saturated heterocycles. The van der Waals surface area contributed by atoms with Crippen molar-refractivity contribution in [2.45, 2.75) is 32.6 Å². The largest absolute Gasteiger partial charge is 0.335 e. The molecule has 0 aromatic rings. The summed E-state index contributed by atoms with van der Waals surface area (Å²) in [6.07, 6.45) is 13.7. The van der Waals surface area contributed by atoms with E-state index in [2.05, 4.69) is 38.5 Å². The predicted molar refractivity (Wildman–Crippen MR) is 88.4 cm³/mol. The Morgan fingerprint density at radius 2 is 2.24 bits per heavy atom. The lowest BCUT2D eigenvalue weighted by Crippen LogP contribution is -2.27. The summed E-state index contributed by atoms with van der Waals surface area (Å²) in [4.78, 5) is 10.8. The molecule has 1 unspecified atom stereocenters. The lowest BCUT2D eigenvalue weighted by atomic mass is 9.79. The second-order valence-electron chi connectivity index (χ2n) is 5.92. The monoisotopic (exact) mass is 285 g/mol. The van der Waals surface area contributed by atoms with E-state index in [1.54, 1.807) is 0 Å². The smallest absolute Gasteiger partial charge is 0.279 e. The van der Waals surface area contributed by atoms with Crippen molar-refractivity contribution in [1.82, 2.24) is 4.90 Å². The molecule has 3 aliphatic rings. The summed E-state index contributed by atoms with van der Waals surface area (Å²) in [5.41, 5.74) is 4.34. The fourth-order valence-electron chi connectivity index (χ4n) is 3.48. The summed E-state index contributed by atoms with van der Waals surface area (Å²) in [5, 5.41) is 0. The molecule has 0 fully saturated rings. The van der Waals surface area contributed by atoms with Gasteiger partial charge in [0.1, 0.15) is 12.8 Å². The summed E-state index contributed by atoms with van der Waals surface area (Å²) in [5.74, 6) is 0.745. The average Bonchev–Trinajstić information content (AvgIpc) is 3.06. The zero-order chi connectivity index (χ0) is 14.7. The summed E-state index contributed by atoms with van der Waals surface area (Å²) < 4.78 is 2.27. The molecule has 0 aromatic heterocycles. The van der Waals surface area contributed by atoms with Crippen LogP contribution in [0.3, 0.4) is 0 Å². The van der Waals surface area contributed by atoms with Crippen LogP contribution in [-0.4, -0.2) is 54.5 Å².